The molecule has 1 fully saturated rings. The van der Waals surface area contributed by atoms with Crippen molar-refractivity contribution in [1.82, 2.24) is 4.90 Å². The Bertz CT molecular complexity index is 160. The molecule has 1 aliphatic rings. The molecule has 0 aromatic carbocycles. The molecule has 0 spiro atoms. The topological polar surface area (TPSA) is 23.5 Å². The SMILES string of the molecule is CC.CC.CC(C)(O)CN1CCC(C)(C)CC1. The standard InChI is InChI=1S/C11H23NO.2C2H6/c1-10(2)5-7-12(8-6-10)9-11(3,4)13;2*1-2/h13H,5-9H2,1-4H3;2*1-2H3. The van der Waals surface area contributed by atoms with Gasteiger partial charge in [0.1, 0.15) is 0 Å². The Labute approximate surface area is 109 Å². The molecule has 2 heteroatoms. The molecule has 0 aromatic heterocycles. The summed E-state index contributed by atoms with van der Waals surface area (Å²) in [6.07, 6.45) is 2.51. The molecular formula is C15H35NO. The van der Waals surface area contributed by atoms with Crippen molar-refractivity contribution in [3.63, 3.8) is 0 Å². The molecule has 0 atom stereocenters. The van der Waals surface area contributed by atoms with E-state index in [2.05, 4.69) is 18.7 Å². The van der Waals surface area contributed by atoms with Crippen LogP contribution < -0.4 is 0 Å². The molecule has 1 aliphatic heterocycles. The van der Waals surface area contributed by atoms with Gasteiger partial charge in [-0.25, -0.2) is 0 Å². The second-order valence-corrected chi connectivity index (χ2v) is 5.75. The van der Waals surface area contributed by atoms with Crippen molar-refractivity contribution in [3.05, 3.63) is 0 Å². The van der Waals surface area contributed by atoms with E-state index in [9.17, 15) is 5.11 Å². The van der Waals surface area contributed by atoms with Gasteiger partial charge in [0.2, 0.25) is 0 Å². The van der Waals surface area contributed by atoms with E-state index in [0.717, 1.165) is 19.6 Å². The van der Waals surface area contributed by atoms with Crippen LogP contribution in [0.3, 0.4) is 0 Å². The highest BCUT2D eigenvalue weighted by Gasteiger charge is 2.27. The van der Waals surface area contributed by atoms with E-state index < -0.39 is 5.60 Å². The summed E-state index contributed by atoms with van der Waals surface area (Å²) in [6.45, 7) is 19.5. The van der Waals surface area contributed by atoms with E-state index >= 15 is 0 Å². The van der Waals surface area contributed by atoms with Gasteiger partial charge in [0.15, 0.2) is 0 Å². The maximum Gasteiger partial charge on any atom is 0.0718 e. The molecule has 0 aliphatic carbocycles. The average molecular weight is 245 g/mol. The first-order chi connectivity index (χ1) is 7.79. The van der Waals surface area contributed by atoms with E-state index in [4.69, 9.17) is 0 Å². The van der Waals surface area contributed by atoms with Gasteiger partial charge < -0.3 is 10.0 Å². The Balaban J connectivity index is 0. The highest BCUT2D eigenvalue weighted by atomic mass is 16.3. The summed E-state index contributed by atoms with van der Waals surface area (Å²) in [4.78, 5) is 2.37. The van der Waals surface area contributed by atoms with Crippen LogP contribution in [0.25, 0.3) is 0 Å². The zero-order valence-electron chi connectivity index (χ0n) is 13.4. The first-order valence-electron chi connectivity index (χ1n) is 7.23. The van der Waals surface area contributed by atoms with Gasteiger partial charge in [-0.15, -0.1) is 0 Å². The van der Waals surface area contributed by atoms with Gasteiger partial charge >= 0.3 is 0 Å². The van der Waals surface area contributed by atoms with Crippen molar-refractivity contribution in [1.29, 1.82) is 0 Å². The zero-order chi connectivity index (χ0) is 14.1. The van der Waals surface area contributed by atoms with E-state index in [-0.39, 0.29) is 0 Å². The largest absolute Gasteiger partial charge is 0.389 e. The van der Waals surface area contributed by atoms with Gasteiger partial charge in [-0.3, -0.25) is 0 Å². The lowest BCUT2D eigenvalue weighted by Crippen LogP contribution is -2.44. The lowest BCUT2D eigenvalue weighted by Gasteiger charge is -2.39. The highest BCUT2D eigenvalue weighted by molar-refractivity contribution is 4.81. The Morgan fingerprint density at radius 3 is 1.65 bits per heavy atom. The van der Waals surface area contributed by atoms with Gasteiger partial charge in [-0.1, -0.05) is 41.5 Å². The van der Waals surface area contributed by atoms with E-state index in [1.807, 2.05) is 41.5 Å². The highest BCUT2D eigenvalue weighted by Crippen LogP contribution is 2.30. The van der Waals surface area contributed by atoms with Crippen molar-refractivity contribution in [2.24, 2.45) is 5.41 Å². The lowest BCUT2D eigenvalue weighted by atomic mass is 9.82. The molecule has 0 bridgehead atoms. The summed E-state index contributed by atoms with van der Waals surface area (Å²) in [7, 11) is 0. The zero-order valence-corrected chi connectivity index (χ0v) is 13.4. The maximum absolute atomic E-state index is 9.66. The van der Waals surface area contributed by atoms with Crippen LogP contribution in [0.5, 0.6) is 0 Å². The Hall–Kier alpha value is -0.0800. The molecule has 17 heavy (non-hydrogen) atoms. The number of hydrogen-bond acceptors (Lipinski definition) is 2. The van der Waals surface area contributed by atoms with Crippen molar-refractivity contribution >= 4 is 0 Å². The first-order valence-corrected chi connectivity index (χ1v) is 7.23. The summed E-state index contributed by atoms with van der Waals surface area (Å²) >= 11 is 0. The minimum atomic E-state index is -0.540. The van der Waals surface area contributed by atoms with Crippen LogP contribution in [0.1, 0.15) is 68.2 Å². The second kappa shape index (κ2) is 8.93. The van der Waals surface area contributed by atoms with Crippen LogP contribution in [0, 0.1) is 5.41 Å². The van der Waals surface area contributed by atoms with Crippen molar-refractivity contribution < 1.29 is 5.11 Å². The Morgan fingerprint density at radius 2 is 1.35 bits per heavy atom. The number of rotatable bonds is 2. The quantitative estimate of drug-likeness (QED) is 0.797. The fourth-order valence-electron chi connectivity index (χ4n) is 1.86. The Kier molecular flexibility index (Phi) is 10.1. The summed E-state index contributed by atoms with van der Waals surface area (Å²) in [5.41, 5.74) is -0.0302. The number of β-amino-alcohol motifs (C(OH)–C–C–N with tert-alkyl or cyclic N) is 1. The summed E-state index contributed by atoms with van der Waals surface area (Å²) < 4.78 is 0. The molecule has 1 saturated heterocycles. The molecule has 1 rings (SSSR count). The van der Waals surface area contributed by atoms with E-state index in [1.54, 1.807) is 0 Å². The van der Waals surface area contributed by atoms with Gasteiger partial charge in [0, 0.05) is 6.54 Å². The van der Waals surface area contributed by atoms with Gasteiger partial charge in [-0.2, -0.15) is 0 Å². The van der Waals surface area contributed by atoms with Gasteiger partial charge in [0.25, 0.3) is 0 Å². The van der Waals surface area contributed by atoms with Gasteiger partial charge in [-0.05, 0) is 45.2 Å². The van der Waals surface area contributed by atoms with Crippen molar-refractivity contribution in [2.75, 3.05) is 19.6 Å². The van der Waals surface area contributed by atoms with Gasteiger partial charge in [0.05, 0.1) is 5.60 Å². The molecule has 0 amide bonds. The third kappa shape index (κ3) is 10.8. The Morgan fingerprint density at radius 1 is 1.00 bits per heavy atom. The molecule has 1 N–H and O–H groups in total. The normalized spacial score (nSPS) is 19.6. The molecular weight excluding hydrogens is 210 g/mol. The van der Waals surface area contributed by atoms with Crippen molar-refractivity contribution in [3.8, 4) is 0 Å². The molecule has 1 heterocycles. The second-order valence-electron chi connectivity index (χ2n) is 5.75. The summed E-state index contributed by atoms with van der Waals surface area (Å²) in [6, 6.07) is 0. The predicted molar refractivity (Wildman–Crippen MR) is 78.4 cm³/mol. The molecule has 0 aromatic rings. The average Bonchev–Trinajstić information content (AvgIpc) is 2.25. The lowest BCUT2D eigenvalue weighted by molar-refractivity contribution is 0.0157. The molecule has 0 radical (unpaired) electrons. The van der Waals surface area contributed by atoms with Crippen LogP contribution in [-0.2, 0) is 0 Å². The number of nitrogens with zero attached hydrogens (tertiary/aromatic N) is 1. The maximum atomic E-state index is 9.66. The van der Waals surface area contributed by atoms with Crippen LogP contribution in [-0.4, -0.2) is 35.2 Å². The number of aliphatic hydroxyl groups is 1. The number of likely N-dealkylation sites (tertiary alicyclic amines) is 1. The monoisotopic (exact) mass is 245 g/mol. The fourth-order valence-corrected chi connectivity index (χ4v) is 1.86. The fraction of sp³-hybridized carbons (Fsp3) is 1.00. The molecule has 106 valence electrons. The first kappa shape index (κ1) is 19.3. The number of piperidine rings is 1. The van der Waals surface area contributed by atoms with E-state index in [1.165, 1.54) is 12.8 Å². The smallest absolute Gasteiger partial charge is 0.0718 e. The van der Waals surface area contributed by atoms with Crippen molar-refractivity contribution in [2.45, 2.75) is 73.8 Å². The van der Waals surface area contributed by atoms with Crippen LogP contribution >= 0.6 is 0 Å². The van der Waals surface area contributed by atoms with Crippen LogP contribution in [0.15, 0.2) is 0 Å². The third-order valence-electron chi connectivity index (χ3n) is 2.82. The molecule has 0 saturated carbocycles. The van der Waals surface area contributed by atoms with Crippen LogP contribution in [0.2, 0.25) is 0 Å². The molecule has 2 nitrogen and oxygen atoms in total. The van der Waals surface area contributed by atoms with Crippen LogP contribution in [0.4, 0.5) is 0 Å². The predicted octanol–water partition coefficient (Wildman–Crippen LogP) is 3.93. The molecule has 0 unspecified atom stereocenters. The minimum Gasteiger partial charge on any atom is -0.389 e. The summed E-state index contributed by atoms with van der Waals surface area (Å²) in [5, 5.41) is 9.66. The van der Waals surface area contributed by atoms with E-state index in [0.29, 0.717) is 5.41 Å². The third-order valence-corrected chi connectivity index (χ3v) is 2.82. The minimum absolute atomic E-state index is 0.510. The summed E-state index contributed by atoms with van der Waals surface area (Å²) in [5.74, 6) is 0. The number of hydrogen-bond donors (Lipinski definition) is 1.